The molecule has 1 aromatic rings. The van der Waals surface area contributed by atoms with Gasteiger partial charge in [-0.1, -0.05) is 13.8 Å². The van der Waals surface area contributed by atoms with E-state index >= 15 is 0 Å². The molecular formula is C14H20FNOS. The zero-order chi connectivity index (χ0) is 13.2. The van der Waals surface area contributed by atoms with Crippen molar-refractivity contribution in [3.8, 4) is 5.75 Å². The van der Waals surface area contributed by atoms with Gasteiger partial charge in [0.1, 0.15) is 11.6 Å². The van der Waals surface area contributed by atoms with Crippen molar-refractivity contribution in [1.82, 2.24) is 0 Å². The Morgan fingerprint density at radius 3 is 2.83 bits per heavy atom. The second kappa shape index (κ2) is 5.39. The summed E-state index contributed by atoms with van der Waals surface area (Å²) in [6.07, 6.45) is 1.18. The molecule has 0 bridgehead atoms. The van der Waals surface area contributed by atoms with Crippen molar-refractivity contribution in [3.05, 3.63) is 24.0 Å². The number of hydrogen-bond donors (Lipinski definition) is 1. The lowest BCUT2D eigenvalue weighted by Crippen LogP contribution is -2.41. The molecule has 0 radical (unpaired) electrons. The van der Waals surface area contributed by atoms with E-state index in [-0.39, 0.29) is 11.2 Å². The number of rotatable bonds is 3. The van der Waals surface area contributed by atoms with Crippen LogP contribution in [0.5, 0.6) is 5.75 Å². The molecule has 0 spiro atoms. The third kappa shape index (κ3) is 3.10. The van der Waals surface area contributed by atoms with Crippen LogP contribution in [0.1, 0.15) is 20.3 Å². The van der Waals surface area contributed by atoms with Gasteiger partial charge in [0.15, 0.2) is 0 Å². The maximum absolute atomic E-state index is 13.4. The molecule has 18 heavy (non-hydrogen) atoms. The van der Waals surface area contributed by atoms with E-state index in [0.29, 0.717) is 11.8 Å². The summed E-state index contributed by atoms with van der Waals surface area (Å²) in [7, 11) is 1.55. The van der Waals surface area contributed by atoms with Gasteiger partial charge in [-0.2, -0.15) is 11.8 Å². The predicted octanol–water partition coefficient (Wildman–Crippen LogP) is 3.78. The standard InChI is InChI=1S/C14H20FNOS/c1-14(2)4-5-18-9-13(14)16-11-6-10(15)7-12(8-11)17-3/h6-8,13,16H,4-5,9H2,1-3H3. The molecule has 1 N–H and O–H groups in total. The fourth-order valence-corrected chi connectivity index (χ4v) is 3.75. The molecule has 1 aliphatic heterocycles. The first-order valence-corrected chi connectivity index (χ1v) is 7.35. The van der Waals surface area contributed by atoms with Gasteiger partial charge in [-0.25, -0.2) is 4.39 Å². The average Bonchev–Trinajstić information content (AvgIpc) is 2.31. The van der Waals surface area contributed by atoms with E-state index in [1.165, 1.54) is 24.3 Å². The Morgan fingerprint density at radius 2 is 2.17 bits per heavy atom. The highest BCUT2D eigenvalue weighted by Gasteiger charge is 2.32. The molecule has 0 saturated carbocycles. The monoisotopic (exact) mass is 269 g/mol. The first-order chi connectivity index (χ1) is 8.51. The summed E-state index contributed by atoms with van der Waals surface area (Å²) in [5, 5.41) is 3.45. The Labute approximate surface area is 112 Å². The van der Waals surface area contributed by atoms with Crippen molar-refractivity contribution >= 4 is 17.4 Å². The lowest BCUT2D eigenvalue weighted by molar-refractivity contribution is 0.305. The van der Waals surface area contributed by atoms with Gasteiger partial charge in [0.25, 0.3) is 0 Å². The minimum Gasteiger partial charge on any atom is -0.497 e. The van der Waals surface area contributed by atoms with Crippen LogP contribution < -0.4 is 10.1 Å². The zero-order valence-electron chi connectivity index (χ0n) is 11.1. The molecule has 100 valence electrons. The Hall–Kier alpha value is -0.900. The second-order valence-corrected chi connectivity index (χ2v) is 6.54. The number of methoxy groups -OCH3 is 1. The topological polar surface area (TPSA) is 21.3 Å². The number of halogens is 1. The van der Waals surface area contributed by atoms with Gasteiger partial charge in [0.05, 0.1) is 7.11 Å². The van der Waals surface area contributed by atoms with Crippen molar-refractivity contribution in [2.45, 2.75) is 26.3 Å². The van der Waals surface area contributed by atoms with E-state index in [2.05, 4.69) is 19.2 Å². The summed E-state index contributed by atoms with van der Waals surface area (Å²) in [5.74, 6) is 2.56. The van der Waals surface area contributed by atoms with Gasteiger partial charge >= 0.3 is 0 Å². The quantitative estimate of drug-likeness (QED) is 0.902. The molecule has 0 aromatic heterocycles. The third-order valence-corrected chi connectivity index (χ3v) is 4.63. The van der Waals surface area contributed by atoms with E-state index < -0.39 is 0 Å². The fraction of sp³-hybridized carbons (Fsp3) is 0.571. The Kier molecular flexibility index (Phi) is 4.05. The molecule has 1 aromatic carbocycles. The lowest BCUT2D eigenvalue weighted by atomic mass is 9.82. The number of nitrogens with one attached hydrogen (secondary N) is 1. The van der Waals surface area contributed by atoms with Gasteiger partial charge in [-0.05, 0) is 23.7 Å². The van der Waals surface area contributed by atoms with Crippen molar-refractivity contribution in [2.75, 3.05) is 23.9 Å². The molecular weight excluding hydrogens is 249 g/mol. The number of thioether (sulfide) groups is 1. The maximum Gasteiger partial charge on any atom is 0.128 e. The largest absolute Gasteiger partial charge is 0.497 e. The second-order valence-electron chi connectivity index (χ2n) is 5.39. The van der Waals surface area contributed by atoms with Crippen LogP contribution in [0, 0.1) is 11.2 Å². The maximum atomic E-state index is 13.4. The van der Waals surface area contributed by atoms with Crippen LogP contribution >= 0.6 is 11.8 Å². The Morgan fingerprint density at radius 1 is 1.39 bits per heavy atom. The first kappa shape index (κ1) is 13.5. The van der Waals surface area contributed by atoms with E-state index in [1.54, 1.807) is 7.11 Å². The molecule has 0 aliphatic carbocycles. The van der Waals surface area contributed by atoms with Crippen molar-refractivity contribution in [3.63, 3.8) is 0 Å². The smallest absolute Gasteiger partial charge is 0.128 e. The molecule has 1 fully saturated rings. The van der Waals surface area contributed by atoms with E-state index in [1.807, 2.05) is 17.8 Å². The van der Waals surface area contributed by atoms with Crippen LogP contribution in [-0.4, -0.2) is 24.7 Å². The van der Waals surface area contributed by atoms with Crippen molar-refractivity contribution < 1.29 is 9.13 Å². The summed E-state index contributed by atoms with van der Waals surface area (Å²) in [6, 6.07) is 5.13. The van der Waals surface area contributed by atoms with Gasteiger partial charge in [0.2, 0.25) is 0 Å². The highest BCUT2D eigenvalue weighted by Crippen LogP contribution is 2.36. The highest BCUT2D eigenvalue weighted by atomic mass is 32.2. The first-order valence-electron chi connectivity index (χ1n) is 6.20. The SMILES string of the molecule is COc1cc(F)cc(NC2CSCCC2(C)C)c1. The number of anilines is 1. The summed E-state index contributed by atoms with van der Waals surface area (Å²) in [5.41, 5.74) is 1.04. The molecule has 1 aliphatic rings. The summed E-state index contributed by atoms with van der Waals surface area (Å²) in [6.45, 7) is 4.53. The molecule has 4 heteroatoms. The molecule has 1 heterocycles. The molecule has 0 amide bonds. The number of benzene rings is 1. The predicted molar refractivity (Wildman–Crippen MR) is 76.1 cm³/mol. The molecule has 2 nitrogen and oxygen atoms in total. The minimum atomic E-state index is -0.266. The Bertz CT molecular complexity index is 422. The van der Waals surface area contributed by atoms with E-state index in [0.717, 1.165) is 11.4 Å². The minimum absolute atomic E-state index is 0.241. The summed E-state index contributed by atoms with van der Waals surface area (Å²) >= 11 is 1.95. The Balaban J connectivity index is 2.15. The number of hydrogen-bond acceptors (Lipinski definition) is 3. The van der Waals surface area contributed by atoms with E-state index in [4.69, 9.17) is 4.74 Å². The zero-order valence-corrected chi connectivity index (χ0v) is 11.9. The normalized spacial score (nSPS) is 22.6. The molecule has 2 rings (SSSR count). The van der Waals surface area contributed by atoms with Crippen LogP contribution in [0.2, 0.25) is 0 Å². The molecule has 1 atom stereocenters. The van der Waals surface area contributed by atoms with Crippen LogP contribution in [0.4, 0.5) is 10.1 Å². The van der Waals surface area contributed by atoms with Crippen LogP contribution in [-0.2, 0) is 0 Å². The van der Waals surface area contributed by atoms with Gasteiger partial charge < -0.3 is 10.1 Å². The summed E-state index contributed by atoms with van der Waals surface area (Å²) in [4.78, 5) is 0. The third-order valence-electron chi connectivity index (χ3n) is 3.57. The highest BCUT2D eigenvalue weighted by molar-refractivity contribution is 7.99. The molecule has 1 saturated heterocycles. The van der Waals surface area contributed by atoms with Crippen LogP contribution in [0.25, 0.3) is 0 Å². The fourth-order valence-electron chi connectivity index (χ4n) is 2.14. The lowest BCUT2D eigenvalue weighted by Gasteiger charge is -2.39. The van der Waals surface area contributed by atoms with Crippen molar-refractivity contribution in [1.29, 1.82) is 0 Å². The number of ether oxygens (including phenoxy) is 1. The van der Waals surface area contributed by atoms with Crippen LogP contribution in [0.3, 0.4) is 0 Å². The van der Waals surface area contributed by atoms with Gasteiger partial charge in [-0.15, -0.1) is 0 Å². The van der Waals surface area contributed by atoms with Crippen LogP contribution in [0.15, 0.2) is 18.2 Å². The van der Waals surface area contributed by atoms with Gasteiger partial charge in [0, 0.05) is 29.6 Å². The summed E-state index contributed by atoms with van der Waals surface area (Å²) < 4.78 is 18.5. The average molecular weight is 269 g/mol. The molecule has 1 unspecified atom stereocenters. The van der Waals surface area contributed by atoms with E-state index in [9.17, 15) is 4.39 Å². The van der Waals surface area contributed by atoms with Crippen molar-refractivity contribution in [2.24, 2.45) is 5.41 Å². The van der Waals surface area contributed by atoms with Gasteiger partial charge in [-0.3, -0.25) is 0 Å².